The summed E-state index contributed by atoms with van der Waals surface area (Å²) in [6.07, 6.45) is 4.13. The zero-order chi connectivity index (χ0) is 28.1. The molecule has 40 heavy (non-hydrogen) atoms. The number of benzene rings is 2. The topological polar surface area (TPSA) is 105 Å². The molecule has 2 unspecified atom stereocenters. The van der Waals surface area contributed by atoms with Crippen molar-refractivity contribution in [2.24, 2.45) is 11.8 Å². The fourth-order valence-electron chi connectivity index (χ4n) is 6.07. The highest BCUT2D eigenvalue weighted by Gasteiger charge is 2.31. The van der Waals surface area contributed by atoms with Crippen LogP contribution in [0.3, 0.4) is 0 Å². The van der Waals surface area contributed by atoms with Crippen molar-refractivity contribution < 1.29 is 23.9 Å². The Balaban J connectivity index is 1.10. The quantitative estimate of drug-likeness (QED) is 0.469. The first-order valence-corrected chi connectivity index (χ1v) is 14.5. The van der Waals surface area contributed by atoms with E-state index in [1.165, 1.54) is 11.1 Å². The van der Waals surface area contributed by atoms with Crippen LogP contribution in [0.4, 0.5) is 0 Å². The van der Waals surface area contributed by atoms with Gasteiger partial charge in [-0.05, 0) is 66.8 Å². The smallest absolute Gasteiger partial charge is 0.229 e. The van der Waals surface area contributed by atoms with E-state index in [0.29, 0.717) is 38.6 Å². The van der Waals surface area contributed by atoms with Gasteiger partial charge in [0.25, 0.3) is 0 Å². The van der Waals surface area contributed by atoms with Gasteiger partial charge in [-0.2, -0.15) is 0 Å². The van der Waals surface area contributed by atoms with Gasteiger partial charge in [0.2, 0.25) is 17.7 Å². The minimum absolute atomic E-state index is 0.0253. The lowest BCUT2D eigenvalue weighted by atomic mass is 9.78. The number of carbonyl (C=O) groups excluding carboxylic acids is 4. The molecular formula is C32H39N3O5. The van der Waals surface area contributed by atoms with Gasteiger partial charge in [0, 0.05) is 50.0 Å². The third-order valence-corrected chi connectivity index (χ3v) is 8.54. The van der Waals surface area contributed by atoms with Crippen LogP contribution in [0.1, 0.15) is 70.3 Å². The summed E-state index contributed by atoms with van der Waals surface area (Å²) in [7, 11) is 0. The van der Waals surface area contributed by atoms with E-state index in [9.17, 15) is 19.2 Å². The van der Waals surface area contributed by atoms with Crippen LogP contribution in [0.15, 0.2) is 36.4 Å². The minimum atomic E-state index is -0.209. The number of rotatable bonds is 9. The summed E-state index contributed by atoms with van der Waals surface area (Å²) in [6, 6.07) is 12.1. The fourth-order valence-corrected chi connectivity index (χ4v) is 6.07. The first kappa shape index (κ1) is 28.2. The Morgan fingerprint density at radius 3 is 2.50 bits per heavy atom. The van der Waals surface area contributed by atoms with Crippen LogP contribution < -0.4 is 10.6 Å². The molecule has 8 nitrogen and oxygen atoms in total. The molecule has 1 aliphatic carbocycles. The van der Waals surface area contributed by atoms with Crippen LogP contribution in [0.25, 0.3) is 0 Å². The van der Waals surface area contributed by atoms with E-state index < -0.39 is 0 Å². The third-order valence-electron chi connectivity index (χ3n) is 8.54. The lowest BCUT2D eigenvalue weighted by molar-refractivity contribution is -0.136. The van der Waals surface area contributed by atoms with Crippen LogP contribution in [0.2, 0.25) is 0 Å². The van der Waals surface area contributed by atoms with Crippen LogP contribution in [-0.2, 0) is 45.1 Å². The average molecular weight is 546 g/mol. The van der Waals surface area contributed by atoms with E-state index >= 15 is 0 Å². The van der Waals surface area contributed by atoms with Crippen molar-refractivity contribution in [3.63, 3.8) is 0 Å². The van der Waals surface area contributed by atoms with E-state index in [-0.39, 0.29) is 35.3 Å². The number of nitrogens with one attached hydrogen (secondary N) is 2. The van der Waals surface area contributed by atoms with Crippen LogP contribution >= 0.6 is 0 Å². The number of carbonyl (C=O) groups is 4. The molecule has 2 heterocycles. The van der Waals surface area contributed by atoms with Gasteiger partial charge in [-0.15, -0.1) is 0 Å². The molecule has 0 bridgehead atoms. The molecule has 2 N–H and O–H groups in total. The Hall–Kier alpha value is -3.36. The second-order valence-corrected chi connectivity index (χ2v) is 11.4. The molecule has 0 spiro atoms. The summed E-state index contributed by atoms with van der Waals surface area (Å²) in [6.45, 7) is 6.90. The van der Waals surface area contributed by atoms with Crippen molar-refractivity contribution in [3.05, 3.63) is 69.8 Å². The summed E-state index contributed by atoms with van der Waals surface area (Å²) >= 11 is 0. The number of ether oxygens (including phenoxy) is 1. The molecule has 2 fully saturated rings. The molecule has 8 heteroatoms. The van der Waals surface area contributed by atoms with E-state index in [0.717, 1.165) is 67.9 Å². The van der Waals surface area contributed by atoms with Crippen molar-refractivity contribution >= 4 is 23.5 Å². The van der Waals surface area contributed by atoms with Crippen LogP contribution in [-0.4, -0.2) is 54.7 Å². The standard InChI is InChI=1S/C32H39N3O5/c1-21-16-22(2-4-27(21)20-35-12-14-40-15-13-35)18-30(37)33-19-23-3-10-28-26(17-23)8-6-24(31(28)38)5-7-25-9-11-29(36)34-32(25)39/h2-4,10,16-17,24-25H,5-9,11-15,18-20H2,1H3,(H,33,37)(H,34,36,39). The van der Waals surface area contributed by atoms with E-state index in [4.69, 9.17) is 4.74 Å². The van der Waals surface area contributed by atoms with Crippen molar-refractivity contribution in [1.29, 1.82) is 0 Å². The maximum absolute atomic E-state index is 13.1. The number of piperidine rings is 1. The molecule has 5 rings (SSSR count). The Labute approximate surface area is 235 Å². The molecule has 3 aliphatic rings. The predicted molar refractivity (Wildman–Crippen MR) is 151 cm³/mol. The molecule has 2 aliphatic heterocycles. The molecule has 2 aromatic carbocycles. The first-order valence-electron chi connectivity index (χ1n) is 14.5. The second kappa shape index (κ2) is 12.9. The van der Waals surface area contributed by atoms with Gasteiger partial charge in [-0.1, -0.05) is 36.4 Å². The van der Waals surface area contributed by atoms with Gasteiger partial charge in [0.05, 0.1) is 19.6 Å². The van der Waals surface area contributed by atoms with E-state index in [1.54, 1.807) is 0 Å². The number of morpholine rings is 1. The summed E-state index contributed by atoms with van der Waals surface area (Å²) in [4.78, 5) is 51.6. The molecule has 2 saturated heterocycles. The van der Waals surface area contributed by atoms with Crippen LogP contribution in [0.5, 0.6) is 0 Å². The fraction of sp³-hybridized carbons (Fsp3) is 0.500. The van der Waals surface area contributed by atoms with E-state index in [2.05, 4.69) is 34.6 Å². The number of fused-ring (bicyclic) bond motifs is 1. The van der Waals surface area contributed by atoms with Crippen molar-refractivity contribution in [1.82, 2.24) is 15.5 Å². The van der Waals surface area contributed by atoms with Gasteiger partial charge >= 0.3 is 0 Å². The molecule has 212 valence electrons. The maximum Gasteiger partial charge on any atom is 0.229 e. The summed E-state index contributed by atoms with van der Waals surface area (Å²) < 4.78 is 5.43. The normalized spacial score (nSPS) is 21.6. The zero-order valence-electron chi connectivity index (χ0n) is 23.3. The molecule has 0 saturated carbocycles. The number of aryl methyl sites for hydroxylation is 2. The second-order valence-electron chi connectivity index (χ2n) is 11.4. The summed E-state index contributed by atoms with van der Waals surface area (Å²) in [5.74, 6) is -0.580. The maximum atomic E-state index is 13.1. The van der Waals surface area contributed by atoms with Gasteiger partial charge in [-0.25, -0.2) is 0 Å². The number of amides is 3. The lowest BCUT2D eigenvalue weighted by Crippen LogP contribution is -2.41. The molecular weight excluding hydrogens is 506 g/mol. The van der Waals surface area contributed by atoms with Gasteiger partial charge in [-0.3, -0.25) is 29.4 Å². The van der Waals surface area contributed by atoms with Crippen molar-refractivity contribution in [2.45, 2.75) is 65.0 Å². The molecule has 2 aromatic rings. The molecule has 0 aromatic heterocycles. The Morgan fingerprint density at radius 1 is 0.975 bits per heavy atom. The summed E-state index contributed by atoms with van der Waals surface area (Å²) in [5.41, 5.74) is 6.25. The Bertz CT molecular complexity index is 1280. The zero-order valence-corrected chi connectivity index (χ0v) is 23.3. The van der Waals surface area contributed by atoms with Crippen molar-refractivity contribution in [3.8, 4) is 0 Å². The third kappa shape index (κ3) is 7.04. The number of hydrogen-bond donors (Lipinski definition) is 2. The number of ketones is 1. The van der Waals surface area contributed by atoms with Gasteiger partial charge in [0.15, 0.2) is 5.78 Å². The molecule has 3 amide bonds. The number of nitrogens with zero attached hydrogens (tertiary/aromatic N) is 1. The average Bonchev–Trinajstić information content (AvgIpc) is 2.94. The predicted octanol–water partition coefficient (Wildman–Crippen LogP) is 3.26. The monoisotopic (exact) mass is 545 g/mol. The molecule has 2 atom stereocenters. The van der Waals surface area contributed by atoms with Crippen molar-refractivity contribution in [2.75, 3.05) is 26.3 Å². The van der Waals surface area contributed by atoms with Gasteiger partial charge in [0.1, 0.15) is 0 Å². The lowest BCUT2D eigenvalue weighted by Gasteiger charge is -2.27. The SMILES string of the molecule is Cc1cc(CC(=O)NCc2ccc3c(c2)CCC(CCC2CCC(=O)NC2=O)C3=O)ccc1CN1CCOCC1. The Morgan fingerprint density at radius 2 is 1.73 bits per heavy atom. The van der Waals surface area contributed by atoms with Crippen LogP contribution in [0, 0.1) is 18.8 Å². The highest BCUT2D eigenvalue weighted by molar-refractivity contribution is 6.00. The highest BCUT2D eigenvalue weighted by atomic mass is 16.5. The highest BCUT2D eigenvalue weighted by Crippen LogP contribution is 2.31. The minimum Gasteiger partial charge on any atom is -0.379 e. The van der Waals surface area contributed by atoms with Gasteiger partial charge < -0.3 is 10.1 Å². The molecule has 0 radical (unpaired) electrons. The first-order chi connectivity index (χ1) is 19.4. The number of imide groups is 1. The largest absolute Gasteiger partial charge is 0.379 e. The Kier molecular flexibility index (Phi) is 9.07. The number of Topliss-reactive ketones (excluding diaryl/α,β-unsaturated/α-hetero) is 1. The van der Waals surface area contributed by atoms with E-state index in [1.807, 2.05) is 24.3 Å². The number of hydrogen-bond acceptors (Lipinski definition) is 6. The summed E-state index contributed by atoms with van der Waals surface area (Å²) in [5, 5.41) is 5.43.